The van der Waals surface area contributed by atoms with E-state index < -0.39 is 5.60 Å². The fraction of sp³-hybridized carbons (Fsp3) is 0.909. The number of piperidine rings is 1. The van der Waals surface area contributed by atoms with Crippen LogP contribution in [0.15, 0.2) is 0 Å². The van der Waals surface area contributed by atoms with Crippen LogP contribution >= 0.6 is 0 Å². The number of likely N-dealkylation sites (N-methyl/N-ethyl adjacent to an activating group) is 1. The largest absolute Gasteiger partial charge is 0.444 e. The van der Waals surface area contributed by atoms with E-state index in [2.05, 4.69) is 10.2 Å². The van der Waals surface area contributed by atoms with Crippen molar-refractivity contribution in [2.45, 2.75) is 44.9 Å². The molecule has 16 heavy (non-hydrogen) atoms. The average Bonchev–Trinajstić information content (AvgIpc) is 2.06. The topological polar surface area (TPSA) is 67.6 Å². The van der Waals surface area contributed by atoms with Gasteiger partial charge in [0.1, 0.15) is 5.60 Å². The van der Waals surface area contributed by atoms with Crippen LogP contribution in [0.25, 0.3) is 0 Å². The summed E-state index contributed by atoms with van der Waals surface area (Å²) in [6.45, 7) is 7.30. The van der Waals surface area contributed by atoms with Crippen LogP contribution < -0.4 is 11.1 Å². The lowest BCUT2D eigenvalue weighted by atomic mass is 10.0. The summed E-state index contributed by atoms with van der Waals surface area (Å²) in [5, 5.41) is 2.83. The highest BCUT2D eigenvalue weighted by atomic mass is 16.6. The van der Waals surface area contributed by atoms with Gasteiger partial charge in [0.2, 0.25) is 0 Å². The van der Waals surface area contributed by atoms with Crippen LogP contribution in [0.5, 0.6) is 0 Å². The average molecular weight is 229 g/mol. The van der Waals surface area contributed by atoms with Crippen LogP contribution in [0.3, 0.4) is 0 Å². The van der Waals surface area contributed by atoms with E-state index in [1.807, 2.05) is 27.8 Å². The molecule has 1 heterocycles. The summed E-state index contributed by atoms with van der Waals surface area (Å²) in [5.41, 5.74) is 5.51. The molecule has 1 amide bonds. The first-order valence-corrected chi connectivity index (χ1v) is 5.71. The molecule has 0 aromatic rings. The highest BCUT2D eigenvalue weighted by molar-refractivity contribution is 5.68. The summed E-state index contributed by atoms with van der Waals surface area (Å²) in [6.07, 6.45) is 0.495. The van der Waals surface area contributed by atoms with Gasteiger partial charge in [-0.3, -0.25) is 0 Å². The summed E-state index contributed by atoms with van der Waals surface area (Å²) >= 11 is 0. The molecule has 1 saturated heterocycles. The van der Waals surface area contributed by atoms with Gasteiger partial charge in [0.25, 0.3) is 0 Å². The number of carbonyl (C=O) groups is 1. The maximum Gasteiger partial charge on any atom is 0.407 e. The van der Waals surface area contributed by atoms with Gasteiger partial charge in [-0.1, -0.05) is 0 Å². The first kappa shape index (κ1) is 13.3. The molecule has 0 aromatic heterocycles. The van der Waals surface area contributed by atoms with E-state index in [9.17, 15) is 4.79 Å². The Labute approximate surface area is 97.3 Å². The second kappa shape index (κ2) is 5.01. The van der Waals surface area contributed by atoms with Gasteiger partial charge in [0.05, 0.1) is 0 Å². The molecule has 3 N–H and O–H groups in total. The van der Waals surface area contributed by atoms with Gasteiger partial charge in [0.15, 0.2) is 0 Å². The molecular formula is C11H23N3O2. The number of nitrogens with two attached hydrogens (primary N) is 1. The van der Waals surface area contributed by atoms with Crippen LogP contribution in [0, 0.1) is 0 Å². The Balaban J connectivity index is 2.39. The third-order valence-corrected chi connectivity index (χ3v) is 2.56. The van der Waals surface area contributed by atoms with E-state index in [-0.39, 0.29) is 18.2 Å². The molecule has 1 aliphatic heterocycles. The van der Waals surface area contributed by atoms with Crippen molar-refractivity contribution < 1.29 is 9.53 Å². The lowest BCUT2D eigenvalue weighted by Crippen LogP contribution is -2.57. The smallest absolute Gasteiger partial charge is 0.407 e. The van der Waals surface area contributed by atoms with Crippen molar-refractivity contribution in [1.29, 1.82) is 0 Å². The molecular weight excluding hydrogens is 206 g/mol. The fourth-order valence-corrected chi connectivity index (χ4v) is 1.79. The van der Waals surface area contributed by atoms with Gasteiger partial charge >= 0.3 is 6.09 Å². The lowest BCUT2D eigenvalue weighted by molar-refractivity contribution is 0.0472. The summed E-state index contributed by atoms with van der Waals surface area (Å²) in [5.74, 6) is 0. The van der Waals surface area contributed by atoms with Gasteiger partial charge in [-0.25, -0.2) is 4.79 Å². The van der Waals surface area contributed by atoms with Crippen molar-refractivity contribution in [3.63, 3.8) is 0 Å². The van der Waals surface area contributed by atoms with Crippen LogP contribution in [-0.2, 0) is 4.74 Å². The Kier molecular flexibility index (Phi) is 4.15. The molecule has 0 bridgehead atoms. The standard InChI is InChI=1S/C11H23N3O2/c1-11(2,3)16-10(15)13-9-5-6-14(4)7-8(9)12/h8-9H,5-7,12H2,1-4H3,(H,13,15)/t8-,9+/m1/s1. The summed E-state index contributed by atoms with van der Waals surface area (Å²) in [4.78, 5) is 13.7. The fourth-order valence-electron chi connectivity index (χ4n) is 1.79. The predicted molar refractivity (Wildman–Crippen MR) is 63.2 cm³/mol. The van der Waals surface area contributed by atoms with E-state index in [1.165, 1.54) is 0 Å². The van der Waals surface area contributed by atoms with E-state index in [1.54, 1.807) is 0 Å². The maximum atomic E-state index is 11.6. The zero-order chi connectivity index (χ0) is 12.3. The minimum atomic E-state index is -0.459. The molecule has 0 saturated carbocycles. The second-order valence-electron chi connectivity index (χ2n) is 5.47. The molecule has 1 fully saturated rings. The molecule has 1 rings (SSSR count). The number of nitrogens with one attached hydrogen (secondary N) is 1. The van der Waals surface area contributed by atoms with Crippen molar-refractivity contribution in [1.82, 2.24) is 10.2 Å². The normalized spacial score (nSPS) is 27.6. The van der Waals surface area contributed by atoms with Gasteiger partial charge in [-0.2, -0.15) is 0 Å². The number of ether oxygens (including phenoxy) is 1. The lowest BCUT2D eigenvalue weighted by Gasteiger charge is -2.35. The molecule has 2 atom stereocenters. The Hall–Kier alpha value is -0.810. The van der Waals surface area contributed by atoms with E-state index in [0.717, 1.165) is 19.5 Å². The number of likely N-dealkylation sites (tertiary alicyclic amines) is 1. The van der Waals surface area contributed by atoms with E-state index >= 15 is 0 Å². The van der Waals surface area contributed by atoms with Crippen LogP contribution in [0.4, 0.5) is 4.79 Å². The van der Waals surface area contributed by atoms with Crippen molar-refractivity contribution in [2.24, 2.45) is 5.73 Å². The monoisotopic (exact) mass is 229 g/mol. The van der Waals surface area contributed by atoms with Crippen molar-refractivity contribution in [2.75, 3.05) is 20.1 Å². The van der Waals surface area contributed by atoms with Crippen molar-refractivity contribution >= 4 is 6.09 Å². The van der Waals surface area contributed by atoms with Gasteiger partial charge in [0, 0.05) is 18.6 Å². The highest BCUT2D eigenvalue weighted by Crippen LogP contribution is 2.10. The molecule has 1 aliphatic rings. The van der Waals surface area contributed by atoms with Crippen molar-refractivity contribution in [3.8, 4) is 0 Å². The van der Waals surface area contributed by atoms with Crippen LogP contribution in [-0.4, -0.2) is 48.8 Å². The molecule has 5 heteroatoms. The van der Waals surface area contributed by atoms with Crippen molar-refractivity contribution in [3.05, 3.63) is 0 Å². The molecule has 0 spiro atoms. The zero-order valence-corrected chi connectivity index (χ0v) is 10.6. The quantitative estimate of drug-likeness (QED) is 0.689. The van der Waals surface area contributed by atoms with E-state index in [4.69, 9.17) is 10.5 Å². The predicted octanol–water partition coefficient (Wildman–Crippen LogP) is 0.543. The number of carbonyl (C=O) groups excluding carboxylic acids is 1. The summed E-state index contributed by atoms with van der Waals surface area (Å²) in [6, 6.07) is -0.00248. The molecule has 94 valence electrons. The van der Waals surface area contributed by atoms with Crippen LogP contribution in [0.1, 0.15) is 27.2 Å². The number of rotatable bonds is 1. The third-order valence-electron chi connectivity index (χ3n) is 2.56. The number of alkyl carbamates (subject to hydrolysis) is 1. The highest BCUT2D eigenvalue weighted by Gasteiger charge is 2.27. The minimum absolute atomic E-state index is 0.0195. The Morgan fingerprint density at radius 1 is 1.50 bits per heavy atom. The number of amides is 1. The first-order chi connectivity index (χ1) is 7.28. The summed E-state index contributed by atoms with van der Waals surface area (Å²) < 4.78 is 5.20. The van der Waals surface area contributed by atoms with Gasteiger partial charge in [-0.15, -0.1) is 0 Å². The second-order valence-corrected chi connectivity index (χ2v) is 5.47. The molecule has 0 unspecified atom stereocenters. The Bertz CT molecular complexity index is 250. The number of nitrogens with zero attached hydrogens (tertiary/aromatic N) is 1. The van der Waals surface area contributed by atoms with Crippen LogP contribution in [0.2, 0.25) is 0 Å². The molecule has 5 nitrogen and oxygen atoms in total. The van der Waals surface area contributed by atoms with E-state index in [0.29, 0.717) is 0 Å². The summed E-state index contributed by atoms with van der Waals surface area (Å²) in [7, 11) is 2.03. The number of hydrogen-bond donors (Lipinski definition) is 2. The molecule has 0 radical (unpaired) electrons. The zero-order valence-electron chi connectivity index (χ0n) is 10.6. The number of hydrogen-bond acceptors (Lipinski definition) is 4. The minimum Gasteiger partial charge on any atom is -0.444 e. The maximum absolute atomic E-state index is 11.6. The van der Waals surface area contributed by atoms with Gasteiger partial charge in [-0.05, 0) is 40.8 Å². The molecule has 0 aromatic carbocycles. The Morgan fingerprint density at radius 2 is 2.12 bits per heavy atom. The van der Waals surface area contributed by atoms with Gasteiger partial charge < -0.3 is 20.7 Å². The Morgan fingerprint density at radius 3 is 2.62 bits per heavy atom. The third kappa shape index (κ3) is 4.37. The first-order valence-electron chi connectivity index (χ1n) is 5.71. The SMILES string of the molecule is CN1CC[C@H](NC(=O)OC(C)(C)C)[C@H](N)C1. The molecule has 0 aliphatic carbocycles.